The smallest absolute Gasteiger partial charge is 0.412 e. The van der Waals surface area contributed by atoms with Gasteiger partial charge in [-0.2, -0.15) is 0 Å². The molecule has 0 bridgehead atoms. The van der Waals surface area contributed by atoms with Crippen LogP contribution in [-0.2, 0) is 38.1 Å². The summed E-state index contributed by atoms with van der Waals surface area (Å²) in [7, 11) is 0. The Morgan fingerprint density at radius 3 is 1.49 bits per heavy atom. The van der Waals surface area contributed by atoms with Crippen molar-refractivity contribution in [2.24, 2.45) is 0 Å². The molecule has 0 unspecified atom stereocenters. The molecule has 5 N–H and O–H groups in total. The van der Waals surface area contributed by atoms with Gasteiger partial charge < -0.3 is 30.0 Å². The lowest BCUT2D eigenvalue weighted by atomic mass is 10.1. The van der Waals surface area contributed by atoms with E-state index in [1.165, 1.54) is 11.3 Å². The van der Waals surface area contributed by atoms with Gasteiger partial charge in [0.15, 0.2) is 0 Å². The fraction of sp³-hybridized carbons (Fsp3) is 0.316. The van der Waals surface area contributed by atoms with Gasteiger partial charge in [-0.25, -0.2) is 19.2 Å². The van der Waals surface area contributed by atoms with E-state index in [1.54, 1.807) is 70.2 Å². The molecular formula is C38H45ClN4O10S2. The second kappa shape index (κ2) is 21.4. The summed E-state index contributed by atoms with van der Waals surface area (Å²) in [5.74, 6) is -2.91. The van der Waals surface area contributed by atoms with Crippen molar-refractivity contribution in [2.45, 2.75) is 66.6 Å². The van der Waals surface area contributed by atoms with Gasteiger partial charge in [-0.05, 0) is 125 Å². The molecular weight excluding hydrogens is 772 g/mol. The minimum absolute atomic E-state index is 0.0878. The van der Waals surface area contributed by atoms with Crippen molar-refractivity contribution < 1.29 is 47.7 Å². The van der Waals surface area contributed by atoms with Gasteiger partial charge in [0, 0.05) is 9.75 Å². The maximum Gasteiger partial charge on any atom is 0.412 e. The Kier molecular flexibility index (Phi) is 17.8. The zero-order valence-corrected chi connectivity index (χ0v) is 34.1. The molecule has 55 heavy (non-hydrogen) atoms. The molecule has 0 aliphatic heterocycles. The van der Waals surface area contributed by atoms with Gasteiger partial charge in [0.25, 0.3) is 0 Å². The topological polar surface area (TPSA) is 201 Å². The molecule has 0 spiro atoms. The molecule has 17 heteroatoms. The van der Waals surface area contributed by atoms with Crippen LogP contribution in [0.1, 0.15) is 55.4 Å². The Hall–Kier alpha value is -5.45. The highest BCUT2D eigenvalue weighted by Crippen LogP contribution is 2.32. The van der Waals surface area contributed by atoms with Crippen LogP contribution >= 0.6 is 34.3 Å². The summed E-state index contributed by atoms with van der Waals surface area (Å²) in [5.41, 5.74) is 8.28. The van der Waals surface area contributed by atoms with Gasteiger partial charge in [0.1, 0.15) is 11.2 Å². The van der Waals surface area contributed by atoms with Crippen molar-refractivity contribution in [2.75, 3.05) is 34.9 Å². The first-order chi connectivity index (χ1) is 25.7. The van der Waals surface area contributed by atoms with Crippen molar-refractivity contribution >= 4 is 92.3 Å². The lowest BCUT2D eigenvalue weighted by Crippen LogP contribution is -2.28. The number of anilines is 4. The van der Waals surface area contributed by atoms with Crippen molar-refractivity contribution in [3.63, 3.8) is 0 Å². The minimum Gasteiger partial charge on any atom is -0.459 e. The van der Waals surface area contributed by atoms with Gasteiger partial charge in [-0.15, -0.1) is 22.7 Å². The lowest BCUT2D eigenvalue weighted by Gasteiger charge is -2.20. The monoisotopic (exact) mass is 816 g/mol. The summed E-state index contributed by atoms with van der Waals surface area (Å²) in [5, 5.41) is 10.6. The molecule has 0 saturated heterocycles. The summed E-state index contributed by atoms with van der Waals surface area (Å²) < 4.78 is 19.3. The zero-order valence-electron chi connectivity index (χ0n) is 31.7. The van der Waals surface area contributed by atoms with Crippen LogP contribution in [0.15, 0.2) is 71.4 Å². The van der Waals surface area contributed by atoms with Crippen LogP contribution in [0.5, 0.6) is 0 Å². The van der Waals surface area contributed by atoms with E-state index < -0.39 is 46.5 Å². The predicted molar refractivity (Wildman–Crippen MR) is 216 cm³/mol. The maximum atomic E-state index is 12.1. The zero-order chi connectivity index (χ0) is 41.3. The molecule has 0 aliphatic carbocycles. The Labute approximate surface area is 332 Å². The molecule has 3 amide bonds. The van der Waals surface area contributed by atoms with E-state index in [9.17, 15) is 28.8 Å². The number of nitrogens with one attached hydrogen (secondary N) is 3. The van der Waals surface area contributed by atoms with E-state index in [2.05, 4.69) is 20.7 Å². The fourth-order valence-corrected chi connectivity index (χ4v) is 5.51. The predicted octanol–water partition coefficient (Wildman–Crippen LogP) is 8.92. The normalized spacial score (nSPS) is 10.6. The number of ether oxygens (including phenoxy) is 4. The van der Waals surface area contributed by atoms with Gasteiger partial charge >= 0.3 is 35.3 Å². The molecule has 296 valence electrons. The molecule has 2 aromatic carbocycles. The summed E-state index contributed by atoms with van der Waals surface area (Å²) in [6.45, 7) is 14.2. The van der Waals surface area contributed by atoms with E-state index in [-0.39, 0.29) is 18.9 Å². The fourth-order valence-electron chi connectivity index (χ4n) is 4.01. The van der Waals surface area contributed by atoms with Gasteiger partial charge in [-0.3, -0.25) is 20.2 Å². The molecule has 14 nitrogen and oxygen atoms in total. The first kappa shape index (κ1) is 45.7. The molecule has 2 heterocycles. The first-order valence-corrected chi connectivity index (χ1v) is 18.8. The Balaban J connectivity index is 0.000000326. The third-order valence-corrected chi connectivity index (χ3v) is 8.09. The van der Waals surface area contributed by atoms with Crippen LogP contribution in [0.4, 0.5) is 32.3 Å². The summed E-state index contributed by atoms with van der Waals surface area (Å²) >= 11 is 7.87. The number of amides is 3. The number of nitrogen functional groups attached to an aromatic ring is 1. The second-order valence-electron chi connectivity index (χ2n) is 12.9. The van der Waals surface area contributed by atoms with Gasteiger partial charge in [0.05, 0.1) is 36.0 Å². The average molecular weight is 817 g/mol. The number of carbonyl (C=O) groups excluding carboxylic acids is 6. The summed E-state index contributed by atoms with van der Waals surface area (Å²) in [4.78, 5) is 69.4. The van der Waals surface area contributed by atoms with Crippen molar-refractivity contribution in [1.29, 1.82) is 0 Å². The summed E-state index contributed by atoms with van der Waals surface area (Å²) in [6, 6.07) is 18.5. The highest BCUT2D eigenvalue weighted by molar-refractivity contribution is 7.13. The quantitative estimate of drug-likeness (QED) is 0.0435. The molecule has 0 radical (unpaired) electrons. The van der Waals surface area contributed by atoms with Crippen LogP contribution in [0.25, 0.3) is 20.9 Å². The Morgan fingerprint density at radius 2 is 1.09 bits per heavy atom. The van der Waals surface area contributed by atoms with Crippen molar-refractivity contribution in [1.82, 2.24) is 0 Å². The number of nitrogens with two attached hydrogens (primary N) is 1. The lowest BCUT2D eigenvalue weighted by molar-refractivity contribution is -0.152. The van der Waals surface area contributed by atoms with Crippen LogP contribution in [0.2, 0.25) is 0 Å². The third-order valence-electron chi connectivity index (χ3n) is 6.10. The molecule has 0 aliphatic rings. The van der Waals surface area contributed by atoms with Gasteiger partial charge in [0.2, 0.25) is 0 Å². The van der Waals surface area contributed by atoms with Crippen molar-refractivity contribution in [3.05, 3.63) is 71.4 Å². The number of rotatable bonds is 8. The Bertz CT molecular complexity index is 1920. The molecule has 4 aromatic rings. The van der Waals surface area contributed by atoms with Crippen LogP contribution in [0, 0.1) is 0 Å². The number of carbonyl (C=O) groups is 6. The number of esters is 2. The Morgan fingerprint density at radius 1 is 0.636 bits per heavy atom. The van der Waals surface area contributed by atoms with E-state index >= 15 is 0 Å². The minimum atomic E-state index is -1.08. The van der Waals surface area contributed by atoms with Gasteiger partial charge in [-0.1, -0.05) is 24.3 Å². The first-order valence-electron chi connectivity index (χ1n) is 16.7. The van der Waals surface area contributed by atoms with E-state index in [0.29, 0.717) is 17.1 Å². The SMILES string of the molecule is CC(C)(C)OC(=O)Nc1ccc(-c2cccs2)cc1N.CCOC(=O)C(=O)Cl.CCOC(=O)C(=O)Nc1cc(-c2cccs2)ccc1NC(=O)OC(C)(C)C. The molecule has 0 saturated carbocycles. The largest absolute Gasteiger partial charge is 0.459 e. The standard InChI is InChI=1S/C19H22N2O5S.C15H18N2O2S.C4H5ClO3/c1-5-25-17(23)16(22)20-14-11-12(15-7-6-10-27-15)8-9-13(14)21-18(24)26-19(2,3)4;1-15(2,3)19-14(18)17-12-7-6-10(9-11(12)16)13-5-4-8-20-13;1-2-8-4(7)3(5)6/h6-11H,5H2,1-4H3,(H,20,22)(H,21,24);4-9H,16H2,1-3H3,(H,17,18);2H2,1H3. The highest BCUT2D eigenvalue weighted by Gasteiger charge is 2.21. The number of thiophene rings is 2. The van der Waals surface area contributed by atoms with Crippen molar-refractivity contribution in [3.8, 4) is 20.9 Å². The van der Waals surface area contributed by atoms with E-state index in [1.807, 2.05) is 67.9 Å². The molecule has 4 rings (SSSR count). The number of hydrogen-bond acceptors (Lipinski definition) is 13. The van der Waals surface area contributed by atoms with Crippen LogP contribution in [-0.4, -0.2) is 59.7 Å². The van der Waals surface area contributed by atoms with Crippen LogP contribution in [0.3, 0.4) is 0 Å². The van der Waals surface area contributed by atoms with Crippen LogP contribution < -0.4 is 21.7 Å². The molecule has 0 fully saturated rings. The maximum absolute atomic E-state index is 12.1. The number of benzene rings is 2. The van der Waals surface area contributed by atoms with E-state index in [4.69, 9.17) is 31.5 Å². The number of halogens is 1. The third kappa shape index (κ3) is 17.1. The molecule has 0 atom stereocenters. The average Bonchev–Trinajstić information content (AvgIpc) is 3.81. The molecule has 2 aromatic heterocycles. The highest BCUT2D eigenvalue weighted by atomic mass is 35.5. The summed E-state index contributed by atoms with van der Waals surface area (Å²) in [6.07, 6.45) is -1.17. The second-order valence-corrected chi connectivity index (χ2v) is 15.2. The number of hydrogen-bond donors (Lipinski definition) is 4. The van der Waals surface area contributed by atoms with E-state index in [0.717, 1.165) is 20.9 Å².